The molecule has 1 aromatic heterocycles. The van der Waals surface area contributed by atoms with Crippen LogP contribution < -0.4 is 4.74 Å². The first-order valence-electron chi connectivity index (χ1n) is 10.3. The van der Waals surface area contributed by atoms with Gasteiger partial charge in [0.25, 0.3) is 0 Å². The average Bonchev–Trinajstić information content (AvgIpc) is 3.20. The van der Waals surface area contributed by atoms with Gasteiger partial charge in [0.2, 0.25) is 0 Å². The second kappa shape index (κ2) is 10.5. The normalized spacial score (nSPS) is 15.0. The molecule has 4 rings (SSSR count). The van der Waals surface area contributed by atoms with Crippen LogP contribution >= 0.6 is 11.8 Å². The zero-order valence-electron chi connectivity index (χ0n) is 17.6. The molecule has 0 aliphatic carbocycles. The van der Waals surface area contributed by atoms with Gasteiger partial charge in [0.05, 0.1) is 13.2 Å². The summed E-state index contributed by atoms with van der Waals surface area (Å²) in [6.45, 7) is 4.52. The van der Waals surface area contributed by atoms with Crippen molar-refractivity contribution in [3.05, 3.63) is 59.9 Å². The van der Waals surface area contributed by atoms with Crippen LogP contribution in [0.15, 0.2) is 53.7 Å². The summed E-state index contributed by atoms with van der Waals surface area (Å²) in [6.07, 6.45) is -4.72. The van der Waals surface area contributed by atoms with Gasteiger partial charge in [-0.15, -0.1) is 23.4 Å². The molecule has 2 heterocycles. The van der Waals surface area contributed by atoms with Crippen molar-refractivity contribution >= 4 is 11.8 Å². The molecule has 1 aliphatic heterocycles. The Balaban J connectivity index is 1.48. The van der Waals surface area contributed by atoms with Gasteiger partial charge in [-0.1, -0.05) is 23.9 Å². The van der Waals surface area contributed by atoms with Crippen LogP contribution in [0.25, 0.3) is 11.4 Å². The van der Waals surface area contributed by atoms with Crippen LogP contribution in [0.4, 0.5) is 17.6 Å². The number of rotatable bonds is 8. The molecular weight excluding hydrogens is 460 g/mol. The molecule has 0 unspecified atom stereocenters. The van der Waals surface area contributed by atoms with Gasteiger partial charge >= 0.3 is 6.36 Å². The number of aromatic nitrogens is 3. The number of thioether (sulfide) groups is 1. The first kappa shape index (κ1) is 23.5. The van der Waals surface area contributed by atoms with Gasteiger partial charge in [0, 0.05) is 37.5 Å². The molecule has 1 saturated heterocycles. The minimum absolute atomic E-state index is 0.261. The highest BCUT2D eigenvalue weighted by atomic mass is 32.2. The highest BCUT2D eigenvalue weighted by Gasteiger charge is 2.31. The van der Waals surface area contributed by atoms with E-state index in [1.165, 1.54) is 36.0 Å². The van der Waals surface area contributed by atoms with E-state index in [-0.39, 0.29) is 11.6 Å². The lowest BCUT2D eigenvalue weighted by atomic mass is 10.2. The Labute approximate surface area is 192 Å². The van der Waals surface area contributed by atoms with Crippen molar-refractivity contribution in [1.29, 1.82) is 0 Å². The van der Waals surface area contributed by atoms with Gasteiger partial charge in [-0.2, -0.15) is 0 Å². The first-order chi connectivity index (χ1) is 15.9. The Kier molecular flexibility index (Phi) is 7.51. The van der Waals surface area contributed by atoms with Gasteiger partial charge in [0.1, 0.15) is 11.6 Å². The lowest BCUT2D eigenvalue weighted by Gasteiger charge is -2.27. The summed E-state index contributed by atoms with van der Waals surface area (Å²) in [4.78, 5) is 2.30. The topological polar surface area (TPSA) is 52.4 Å². The van der Waals surface area contributed by atoms with Gasteiger partial charge in [-0.3, -0.25) is 4.90 Å². The van der Waals surface area contributed by atoms with Crippen LogP contribution in [0, 0.1) is 5.82 Å². The Morgan fingerprint density at radius 1 is 0.939 bits per heavy atom. The van der Waals surface area contributed by atoms with Crippen molar-refractivity contribution in [2.24, 2.45) is 0 Å². The number of morpholine rings is 1. The molecule has 2 aromatic carbocycles. The Hall–Kier alpha value is -2.63. The van der Waals surface area contributed by atoms with Crippen molar-refractivity contribution in [3.8, 4) is 17.1 Å². The summed E-state index contributed by atoms with van der Waals surface area (Å²) in [7, 11) is 0. The third-order valence-electron chi connectivity index (χ3n) is 5.09. The fraction of sp³-hybridized carbons (Fsp3) is 0.364. The molecule has 0 bridgehead atoms. The maximum absolute atomic E-state index is 13.4. The molecule has 1 fully saturated rings. The minimum atomic E-state index is -4.72. The zero-order chi connectivity index (χ0) is 23.3. The number of halogens is 4. The Bertz CT molecular complexity index is 1040. The smallest absolute Gasteiger partial charge is 0.406 e. The molecule has 6 nitrogen and oxygen atoms in total. The van der Waals surface area contributed by atoms with Crippen molar-refractivity contribution in [2.75, 3.05) is 32.8 Å². The number of hydrogen-bond acceptors (Lipinski definition) is 6. The lowest BCUT2D eigenvalue weighted by Crippen LogP contribution is -2.38. The van der Waals surface area contributed by atoms with Crippen molar-refractivity contribution in [3.63, 3.8) is 0 Å². The molecule has 1 aliphatic rings. The third kappa shape index (κ3) is 6.68. The van der Waals surface area contributed by atoms with Gasteiger partial charge in [-0.05, 0) is 42.0 Å². The molecule has 33 heavy (non-hydrogen) atoms. The van der Waals surface area contributed by atoms with Crippen molar-refractivity contribution in [1.82, 2.24) is 19.7 Å². The second-order valence-corrected chi connectivity index (χ2v) is 8.34. The summed E-state index contributed by atoms with van der Waals surface area (Å²) in [5, 5.41) is 9.33. The molecule has 0 atom stereocenters. The van der Waals surface area contributed by atoms with Crippen LogP contribution in [0.5, 0.6) is 5.75 Å². The van der Waals surface area contributed by atoms with E-state index >= 15 is 0 Å². The fourth-order valence-corrected chi connectivity index (χ4v) is 4.33. The van der Waals surface area contributed by atoms with Crippen LogP contribution in [-0.2, 0) is 17.0 Å². The predicted octanol–water partition coefficient (Wildman–Crippen LogP) is 4.61. The minimum Gasteiger partial charge on any atom is -0.406 e. The molecule has 0 amide bonds. The third-order valence-corrected chi connectivity index (χ3v) is 6.13. The molecule has 0 saturated carbocycles. The number of ether oxygens (including phenoxy) is 2. The SMILES string of the molecule is Fc1ccc(-c2nnc(SCc3ccc(OC(F)(F)F)cc3)n2CCN2CCOCC2)cc1. The standard InChI is InChI=1S/C22H22F4N4O2S/c23-18-5-3-17(4-6-18)20-27-28-21(30(20)10-9-29-11-13-31-14-12-29)33-15-16-1-7-19(8-2-16)32-22(24,25)26/h1-8H,9-15H2. The number of hydrogen-bond donors (Lipinski definition) is 0. The summed E-state index contributed by atoms with van der Waals surface area (Å²) >= 11 is 1.43. The predicted molar refractivity (Wildman–Crippen MR) is 115 cm³/mol. The lowest BCUT2D eigenvalue weighted by molar-refractivity contribution is -0.274. The molecule has 0 radical (unpaired) electrons. The van der Waals surface area contributed by atoms with E-state index < -0.39 is 6.36 Å². The monoisotopic (exact) mass is 482 g/mol. The Morgan fingerprint density at radius 3 is 2.30 bits per heavy atom. The van der Waals surface area contributed by atoms with E-state index in [0.717, 1.165) is 30.8 Å². The zero-order valence-corrected chi connectivity index (χ0v) is 18.4. The summed E-state index contributed by atoms with van der Waals surface area (Å²) in [5.41, 5.74) is 1.58. The van der Waals surface area contributed by atoms with Crippen LogP contribution in [0.3, 0.4) is 0 Å². The quantitative estimate of drug-likeness (QED) is 0.345. The highest BCUT2D eigenvalue weighted by molar-refractivity contribution is 7.98. The largest absolute Gasteiger partial charge is 0.573 e. The molecule has 3 aromatic rings. The average molecular weight is 483 g/mol. The summed E-state index contributed by atoms with van der Waals surface area (Å²) in [5.74, 6) is 0.541. The number of nitrogens with zero attached hydrogens (tertiary/aromatic N) is 4. The van der Waals surface area contributed by atoms with Crippen LogP contribution in [-0.4, -0.2) is 58.9 Å². The van der Waals surface area contributed by atoms with Crippen LogP contribution in [0.2, 0.25) is 0 Å². The molecule has 0 N–H and O–H groups in total. The van der Waals surface area contributed by atoms with E-state index in [4.69, 9.17) is 4.74 Å². The van der Waals surface area contributed by atoms with Gasteiger partial charge in [0.15, 0.2) is 11.0 Å². The van der Waals surface area contributed by atoms with Crippen molar-refractivity contribution < 1.29 is 27.0 Å². The molecule has 176 valence electrons. The van der Waals surface area contributed by atoms with Crippen LogP contribution in [0.1, 0.15) is 5.56 Å². The van der Waals surface area contributed by atoms with E-state index in [2.05, 4.69) is 19.8 Å². The number of benzene rings is 2. The molecule has 11 heteroatoms. The molecule has 0 spiro atoms. The summed E-state index contributed by atoms with van der Waals surface area (Å²) < 4.78 is 61.8. The van der Waals surface area contributed by atoms with Gasteiger partial charge in [-0.25, -0.2) is 4.39 Å². The maximum Gasteiger partial charge on any atom is 0.573 e. The number of alkyl halides is 3. The highest BCUT2D eigenvalue weighted by Crippen LogP contribution is 2.28. The Morgan fingerprint density at radius 2 is 1.64 bits per heavy atom. The maximum atomic E-state index is 13.4. The van der Waals surface area contributed by atoms with E-state index in [1.807, 2.05) is 4.57 Å². The second-order valence-electron chi connectivity index (χ2n) is 7.40. The van der Waals surface area contributed by atoms with Crippen molar-refractivity contribution in [2.45, 2.75) is 23.8 Å². The van der Waals surface area contributed by atoms with Gasteiger partial charge < -0.3 is 14.0 Å². The first-order valence-corrected chi connectivity index (χ1v) is 11.3. The van der Waals surface area contributed by atoms with E-state index in [0.29, 0.717) is 36.5 Å². The molecular formula is C22H22F4N4O2S. The van der Waals surface area contributed by atoms with E-state index in [9.17, 15) is 17.6 Å². The summed E-state index contributed by atoms with van der Waals surface area (Å²) in [6, 6.07) is 11.8. The van der Waals surface area contributed by atoms with E-state index in [1.54, 1.807) is 24.3 Å². The fourth-order valence-electron chi connectivity index (χ4n) is 3.41.